The zero-order valence-electron chi connectivity index (χ0n) is 13.9. The van der Waals surface area contributed by atoms with E-state index in [1.54, 1.807) is 0 Å². The van der Waals surface area contributed by atoms with E-state index in [2.05, 4.69) is 26.1 Å². The second-order valence-corrected chi connectivity index (χ2v) is 5.92. The summed E-state index contributed by atoms with van der Waals surface area (Å²) in [7, 11) is 0. The van der Waals surface area contributed by atoms with Crippen LogP contribution < -0.4 is 5.32 Å². The van der Waals surface area contributed by atoms with Crippen LogP contribution in [0.25, 0.3) is 0 Å². The van der Waals surface area contributed by atoms with E-state index in [1.807, 2.05) is 6.92 Å². The van der Waals surface area contributed by atoms with Gasteiger partial charge >= 0.3 is 0 Å². The molecule has 118 valence electrons. The number of ether oxygens (including phenoxy) is 1. The molecule has 1 aromatic heterocycles. The first kappa shape index (κ1) is 16.4. The minimum absolute atomic E-state index is 0.0259. The van der Waals surface area contributed by atoms with E-state index in [9.17, 15) is 0 Å². The van der Waals surface area contributed by atoms with Crippen molar-refractivity contribution in [3.05, 3.63) is 22.8 Å². The van der Waals surface area contributed by atoms with Gasteiger partial charge in [-0.15, -0.1) is 0 Å². The Bertz CT molecular complexity index is 434. The predicted molar refractivity (Wildman–Crippen MR) is 85.5 cm³/mol. The molecule has 2 rings (SSSR count). The third-order valence-electron chi connectivity index (χ3n) is 4.08. The van der Waals surface area contributed by atoms with Gasteiger partial charge in [0.25, 0.3) is 0 Å². The van der Waals surface area contributed by atoms with Crippen LogP contribution in [-0.4, -0.2) is 29.2 Å². The van der Waals surface area contributed by atoms with Gasteiger partial charge in [-0.1, -0.05) is 6.92 Å². The lowest BCUT2D eigenvalue weighted by Crippen LogP contribution is -2.18. The molecule has 1 atom stereocenters. The largest absolute Gasteiger partial charge is 0.371 e. The number of hydrogen-bond acceptors (Lipinski definition) is 4. The smallest absolute Gasteiger partial charge is 0.157 e. The van der Waals surface area contributed by atoms with Crippen LogP contribution in [0.4, 0.5) is 0 Å². The quantitative estimate of drug-likeness (QED) is 0.709. The lowest BCUT2D eigenvalue weighted by Gasteiger charge is -2.17. The van der Waals surface area contributed by atoms with Crippen molar-refractivity contribution in [3.8, 4) is 0 Å². The molecule has 1 heterocycles. The van der Waals surface area contributed by atoms with Gasteiger partial charge in [-0.3, -0.25) is 0 Å². The average Bonchev–Trinajstić information content (AvgIpc) is 3.27. The van der Waals surface area contributed by atoms with Crippen LogP contribution in [-0.2, 0) is 11.2 Å². The Labute approximate surface area is 128 Å². The van der Waals surface area contributed by atoms with Gasteiger partial charge < -0.3 is 10.1 Å². The Hall–Kier alpha value is -1.00. The van der Waals surface area contributed by atoms with Crippen LogP contribution in [0.2, 0.25) is 0 Å². The zero-order valence-corrected chi connectivity index (χ0v) is 13.9. The van der Waals surface area contributed by atoms with E-state index in [4.69, 9.17) is 14.7 Å². The molecule has 1 aromatic rings. The van der Waals surface area contributed by atoms with E-state index >= 15 is 0 Å². The molecule has 0 bridgehead atoms. The fourth-order valence-corrected chi connectivity index (χ4v) is 2.71. The first-order chi connectivity index (χ1) is 10.2. The van der Waals surface area contributed by atoms with Gasteiger partial charge in [0.2, 0.25) is 0 Å². The number of nitrogens with one attached hydrogen (secondary N) is 1. The molecule has 1 aliphatic rings. The molecule has 0 aliphatic heterocycles. The Morgan fingerprint density at radius 2 is 1.86 bits per heavy atom. The van der Waals surface area contributed by atoms with Crippen molar-refractivity contribution in [2.45, 2.75) is 71.9 Å². The van der Waals surface area contributed by atoms with Crippen LogP contribution >= 0.6 is 0 Å². The van der Waals surface area contributed by atoms with Crippen LogP contribution in [0, 0.1) is 13.8 Å². The Morgan fingerprint density at radius 3 is 2.38 bits per heavy atom. The summed E-state index contributed by atoms with van der Waals surface area (Å²) in [6, 6.07) is 0.794. The first-order valence-corrected chi connectivity index (χ1v) is 8.34. The van der Waals surface area contributed by atoms with Crippen molar-refractivity contribution in [2.75, 3.05) is 13.2 Å². The van der Waals surface area contributed by atoms with E-state index in [1.165, 1.54) is 18.4 Å². The van der Waals surface area contributed by atoms with E-state index in [0.29, 0.717) is 6.61 Å². The highest BCUT2D eigenvalue weighted by Gasteiger charge is 2.20. The normalized spacial score (nSPS) is 16.2. The van der Waals surface area contributed by atoms with Crippen molar-refractivity contribution >= 4 is 0 Å². The van der Waals surface area contributed by atoms with Crippen molar-refractivity contribution < 1.29 is 4.74 Å². The van der Waals surface area contributed by atoms with Gasteiger partial charge in [-0.2, -0.15) is 0 Å². The number of hydrogen-bond donors (Lipinski definition) is 1. The van der Waals surface area contributed by atoms with Crippen LogP contribution in [0.3, 0.4) is 0 Å². The summed E-state index contributed by atoms with van der Waals surface area (Å²) >= 11 is 0. The van der Waals surface area contributed by atoms with Crippen molar-refractivity contribution in [2.24, 2.45) is 0 Å². The first-order valence-electron chi connectivity index (χ1n) is 8.34. The monoisotopic (exact) mass is 291 g/mol. The predicted octanol–water partition coefficient (Wildman–Crippen LogP) is 3.27. The van der Waals surface area contributed by atoms with Crippen LogP contribution in [0.1, 0.15) is 68.4 Å². The molecule has 0 radical (unpaired) electrons. The molecule has 4 nitrogen and oxygen atoms in total. The summed E-state index contributed by atoms with van der Waals surface area (Å²) in [5.41, 5.74) is 3.53. The minimum Gasteiger partial charge on any atom is -0.371 e. The molecule has 0 saturated heterocycles. The van der Waals surface area contributed by atoms with Crippen molar-refractivity contribution in [1.29, 1.82) is 0 Å². The molecule has 1 fully saturated rings. The maximum atomic E-state index is 5.72. The van der Waals surface area contributed by atoms with Crippen LogP contribution in [0.15, 0.2) is 0 Å². The molecule has 1 N–H and O–H groups in total. The Morgan fingerprint density at radius 1 is 1.19 bits per heavy atom. The lowest BCUT2D eigenvalue weighted by molar-refractivity contribution is 0.0532. The van der Waals surface area contributed by atoms with E-state index < -0.39 is 0 Å². The summed E-state index contributed by atoms with van der Waals surface area (Å²) < 4.78 is 5.72. The lowest BCUT2D eigenvalue weighted by atomic mass is 10.1. The molecule has 4 heteroatoms. The maximum absolute atomic E-state index is 5.72. The summed E-state index contributed by atoms with van der Waals surface area (Å²) in [4.78, 5) is 9.39. The summed E-state index contributed by atoms with van der Waals surface area (Å²) in [5, 5.41) is 3.56. The molecule has 0 aromatic carbocycles. The van der Waals surface area contributed by atoms with Gasteiger partial charge in [0.05, 0.1) is 0 Å². The second kappa shape index (κ2) is 7.85. The summed E-state index contributed by atoms with van der Waals surface area (Å²) in [6.07, 6.45) is 5.86. The molecule has 21 heavy (non-hydrogen) atoms. The van der Waals surface area contributed by atoms with Gasteiger partial charge in [0.1, 0.15) is 6.10 Å². The molecule has 1 saturated carbocycles. The van der Waals surface area contributed by atoms with Gasteiger partial charge in [0, 0.05) is 24.0 Å². The molecule has 0 spiro atoms. The van der Waals surface area contributed by atoms with Gasteiger partial charge in [0.15, 0.2) is 5.82 Å². The third-order valence-corrected chi connectivity index (χ3v) is 4.08. The van der Waals surface area contributed by atoms with Crippen molar-refractivity contribution in [1.82, 2.24) is 15.3 Å². The van der Waals surface area contributed by atoms with Crippen LogP contribution in [0.5, 0.6) is 0 Å². The Kier molecular flexibility index (Phi) is 6.12. The van der Waals surface area contributed by atoms with E-state index in [-0.39, 0.29) is 6.10 Å². The van der Waals surface area contributed by atoms with Crippen molar-refractivity contribution in [3.63, 3.8) is 0 Å². The fraction of sp³-hybridized carbons (Fsp3) is 0.765. The second-order valence-electron chi connectivity index (χ2n) is 5.92. The Balaban J connectivity index is 1.97. The molecular weight excluding hydrogens is 262 g/mol. The number of rotatable bonds is 9. The average molecular weight is 291 g/mol. The molecular formula is C17H29N3O. The summed E-state index contributed by atoms with van der Waals surface area (Å²) in [6.45, 7) is 10.1. The summed E-state index contributed by atoms with van der Waals surface area (Å²) in [5.74, 6) is 0.842. The maximum Gasteiger partial charge on any atom is 0.157 e. The number of nitrogens with zero attached hydrogens (tertiary/aromatic N) is 2. The highest BCUT2D eigenvalue weighted by atomic mass is 16.5. The molecule has 1 aliphatic carbocycles. The van der Waals surface area contributed by atoms with Gasteiger partial charge in [-0.05, 0) is 65.0 Å². The SMILES string of the molecule is CCOC(CC)c1nc(C)c(CCCNC2CC2)c(C)n1. The third kappa shape index (κ3) is 4.75. The molecule has 0 amide bonds. The minimum atomic E-state index is 0.0259. The number of aromatic nitrogens is 2. The highest BCUT2D eigenvalue weighted by Crippen LogP contribution is 2.21. The van der Waals surface area contributed by atoms with E-state index in [0.717, 1.165) is 49.1 Å². The standard InChI is InChI=1S/C17H29N3O/c1-5-16(21-6-2)17-19-12(3)15(13(4)20-17)8-7-11-18-14-9-10-14/h14,16,18H,5-11H2,1-4H3. The van der Waals surface area contributed by atoms with Gasteiger partial charge in [-0.25, -0.2) is 9.97 Å². The topological polar surface area (TPSA) is 47.0 Å². The zero-order chi connectivity index (χ0) is 15.2. The molecule has 1 unspecified atom stereocenters. The highest BCUT2D eigenvalue weighted by molar-refractivity contribution is 5.25. The fourth-order valence-electron chi connectivity index (χ4n) is 2.71. The number of aryl methyl sites for hydroxylation is 2.